The van der Waals surface area contributed by atoms with Crippen molar-refractivity contribution in [3.8, 4) is 0 Å². The number of hydrogen-bond acceptors (Lipinski definition) is 5. The van der Waals surface area contributed by atoms with Crippen molar-refractivity contribution in [3.05, 3.63) is 30.1 Å². The van der Waals surface area contributed by atoms with Crippen molar-refractivity contribution < 1.29 is 19.1 Å². The van der Waals surface area contributed by atoms with Crippen LogP contribution in [0.15, 0.2) is 24.5 Å². The molecule has 1 aromatic heterocycles. The van der Waals surface area contributed by atoms with Crippen molar-refractivity contribution >= 4 is 17.8 Å². The number of amides is 2. The molecule has 0 radical (unpaired) electrons. The highest BCUT2D eigenvalue weighted by Gasteiger charge is 2.27. The van der Waals surface area contributed by atoms with Crippen LogP contribution in [0, 0.1) is 5.92 Å². The zero-order valence-electron chi connectivity index (χ0n) is 12.0. The number of nitrogens with two attached hydrogens (primary N) is 1. The van der Waals surface area contributed by atoms with E-state index in [1.807, 2.05) is 0 Å². The first kappa shape index (κ1) is 16.6. The molecule has 0 fully saturated rings. The first-order valence-electron chi connectivity index (χ1n) is 6.61. The highest BCUT2D eigenvalue weighted by atomic mass is 16.5. The predicted octanol–water partition coefficient (Wildman–Crippen LogP) is 0.255. The molecular formula is C14H19N3O4. The quantitative estimate of drug-likeness (QED) is 0.700. The number of esters is 1. The number of nitrogens with one attached hydrogen (secondary N) is 1. The number of hydrogen-bond donors (Lipinski definition) is 2. The molecule has 3 N–H and O–H groups in total. The Kier molecular flexibility index (Phi) is 6.32. The van der Waals surface area contributed by atoms with Gasteiger partial charge in [-0.25, -0.2) is 0 Å². The Balaban J connectivity index is 2.71. The molecule has 1 rings (SSSR count). The Morgan fingerprint density at radius 3 is 2.48 bits per heavy atom. The third kappa shape index (κ3) is 5.21. The van der Waals surface area contributed by atoms with Crippen LogP contribution in [0.5, 0.6) is 0 Å². The van der Waals surface area contributed by atoms with Crippen molar-refractivity contribution in [1.82, 2.24) is 10.3 Å². The lowest BCUT2D eigenvalue weighted by Gasteiger charge is -2.21. The van der Waals surface area contributed by atoms with Crippen LogP contribution >= 0.6 is 0 Å². The van der Waals surface area contributed by atoms with E-state index in [2.05, 4.69) is 10.3 Å². The Morgan fingerprint density at radius 2 is 1.95 bits per heavy atom. The number of carbonyl (C=O) groups excluding carboxylic acids is 3. The van der Waals surface area contributed by atoms with Crippen LogP contribution in [0.3, 0.4) is 0 Å². The summed E-state index contributed by atoms with van der Waals surface area (Å²) in [6.07, 6.45) is 2.94. The fourth-order valence-corrected chi connectivity index (χ4v) is 1.82. The lowest BCUT2D eigenvalue weighted by molar-refractivity contribution is -0.144. The summed E-state index contributed by atoms with van der Waals surface area (Å²) in [6, 6.07) is 2.09. The van der Waals surface area contributed by atoms with Crippen LogP contribution in [0.1, 0.15) is 30.6 Å². The standard InChI is InChI=1S/C14H19N3O4/c1-3-21-11(18)8-9(2)12(13(15)19)17-14(20)10-4-6-16-7-5-10/h4-7,9,12H,3,8H2,1-2H3,(H2,15,19)(H,17,20)/t9-,12-/m0/s1. The Bertz CT molecular complexity index is 504. The number of nitrogens with zero attached hydrogens (tertiary/aromatic N) is 1. The summed E-state index contributed by atoms with van der Waals surface area (Å²) in [5.74, 6) is -2.05. The summed E-state index contributed by atoms with van der Waals surface area (Å²) in [5, 5.41) is 2.53. The highest BCUT2D eigenvalue weighted by Crippen LogP contribution is 2.10. The third-order valence-electron chi connectivity index (χ3n) is 2.90. The van der Waals surface area contributed by atoms with E-state index in [0.29, 0.717) is 5.56 Å². The second kappa shape index (κ2) is 7.98. The monoisotopic (exact) mass is 293 g/mol. The molecule has 7 heteroatoms. The first-order chi connectivity index (χ1) is 9.95. The Labute approximate surface area is 122 Å². The van der Waals surface area contributed by atoms with Crippen molar-refractivity contribution in [2.24, 2.45) is 11.7 Å². The number of pyridine rings is 1. The smallest absolute Gasteiger partial charge is 0.306 e. The maximum absolute atomic E-state index is 12.0. The molecular weight excluding hydrogens is 274 g/mol. The summed E-state index contributed by atoms with van der Waals surface area (Å²) in [4.78, 5) is 38.7. The molecule has 0 saturated heterocycles. The van der Waals surface area contributed by atoms with Crippen LogP contribution < -0.4 is 11.1 Å². The van der Waals surface area contributed by atoms with E-state index in [1.54, 1.807) is 13.8 Å². The summed E-state index contributed by atoms with van der Waals surface area (Å²) >= 11 is 0. The topological polar surface area (TPSA) is 111 Å². The zero-order chi connectivity index (χ0) is 15.8. The van der Waals surface area contributed by atoms with Crippen molar-refractivity contribution in [2.75, 3.05) is 6.61 Å². The molecule has 21 heavy (non-hydrogen) atoms. The number of aromatic nitrogens is 1. The van der Waals surface area contributed by atoms with Gasteiger partial charge in [-0.1, -0.05) is 6.92 Å². The van der Waals surface area contributed by atoms with E-state index in [-0.39, 0.29) is 13.0 Å². The molecule has 0 aliphatic heterocycles. The SMILES string of the molecule is CCOC(=O)C[C@H](C)[C@H](NC(=O)c1ccncc1)C(N)=O. The molecule has 114 valence electrons. The lowest BCUT2D eigenvalue weighted by atomic mass is 9.97. The lowest BCUT2D eigenvalue weighted by Crippen LogP contribution is -2.49. The van der Waals surface area contributed by atoms with Gasteiger partial charge >= 0.3 is 5.97 Å². The minimum atomic E-state index is -0.949. The molecule has 7 nitrogen and oxygen atoms in total. The average Bonchev–Trinajstić information content (AvgIpc) is 2.45. The van der Waals surface area contributed by atoms with Crippen LogP contribution in [0.4, 0.5) is 0 Å². The Morgan fingerprint density at radius 1 is 1.33 bits per heavy atom. The van der Waals surface area contributed by atoms with Gasteiger partial charge in [0.05, 0.1) is 13.0 Å². The highest BCUT2D eigenvalue weighted by molar-refractivity contribution is 5.97. The summed E-state index contributed by atoms with van der Waals surface area (Å²) in [7, 11) is 0. The van der Waals surface area contributed by atoms with Crippen molar-refractivity contribution in [1.29, 1.82) is 0 Å². The van der Waals surface area contributed by atoms with Gasteiger partial charge in [-0.15, -0.1) is 0 Å². The van der Waals surface area contributed by atoms with E-state index in [9.17, 15) is 14.4 Å². The van der Waals surface area contributed by atoms with Gasteiger partial charge in [-0.2, -0.15) is 0 Å². The van der Waals surface area contributed by atoms with Crippen LogP contribution in [0.25, 0.3) is 0 Å². The van der Waals surface area contributed by atoms with Gasteiger partial charge < -0.3 is 15.8 Å². The molecule has 0 saturated carbocycles. The van der Waals surface area contributed by atoms with Crippen LogP contribution in [-0.2, 0) is 14.3 Å². The van der Waals surface area contributed by atoms with Crippen molar-refractivity contribution in [3.63, 3.8) is 0 Å². The van der Waals surface area contributed by atoms with Gasteiger partial charge in [-0.05, 0) is 25.0 Å². The molecule has 1 heterocycles. The summed E-state index contributed by atoms with van der Waals surface area (Å²) in [6.45, 7) is 3.61. The number of rotatable bonds is 7. The maximum atomic E-state index is 12.0. The van der Waals surface area contributed by atoms with E-state index in [0.717, 1.165) is 0 Å². The fraction of sp³-hybridized carbons (Fsp3) is 0.429. The van der Waals surface area contributed by atoms with E-state index < -0.39 is 29.7 Å². The van der Waals surface area contributed by atoms with E-state index in [1.165, 1.54) is 24.5 Å². The van der Waals surface area contributed by atoms with Gasteiger partial charge in [0.1, 0.15) is 6.04 Å². The molecule has 0 aliphatic rings. The molecule has 2 atom stereocenters. The van der Waals surface area contributed by atoms with Crippen molar-refractivity contribution in [2.45, 2.75) is 26.3 Å². The molecule has 1 aromatic rings. The predicted molar refractivity (Wildman–Crippen MR) is 75.1 cm³/mol. The van der Waals surface area contributed by atoms with Gasteiger partial charge in [0.15, 0.2) is 0 Å². The second-order valence-electron chi connectivity index (χ2n) is 4.58. The summed E-state index contributed by atoms with van der Waals surface area (Å²) < 4.78 is 4.82. The molecule has 0 unspecified atom stereocenters. The van der Waals surface area contributed by atoms with Crippen LogP contribution in [0.2, 0.25) is 0 Å². The average molecular weight is 293 g/mol. The van der Waals surface area contributed by atoms with Gasteiger partial charge in [-0.3, -0.25) is 19.4 Å². The maximum Gasteiger partial charge on any atom is 0.306 e. The minimum Gasteiger partial charge on any atom is -0.466 e. The van der Waals surface area contributed by atoms with Gasteiger partial charge in [0.2, 0.25) is 5.91 Å². The fourth-order valence-electron chi connectivity index (χ4n) is 1.82. The third-order valence-corrected chi connectivity index (χ3v) is 2.90. The van der Waals surface area contributed by atoms with E-state index in [4.69, 9.17) is 10.5 Å². The zero-order valence-corrected chi connectivity index (χ0v) is 12.0. The first-order valence-corrected chi connectivity index (χ1v) is 6.61. The summed E-state index contributed by atoms with van der Waals surface area (Å²) in [5.41, 5.74) is 5.66. The second-order valence-corrected chi connectivity index (χ2v) is 4.58. The number of ether oxygens (including phenoxy) is 1. The molecule has 0 bridgehead atoms. The van der Waals surface area contributed by atoms with Gasteiger partial charge in [0, 0.05) is 18.0 Å². The molecule has 0 aliphatic carbocycles. The normalized spacial score (nSPS) is 13.0. The van der Waals surface area contributed by atoms with Gasteiger partial charge in [0.25, 0.3) is 5.91 Å². The molecule has 0 aromatic carbocycles. The van der Waals surface area contributed by atoms with E-state index >= 15 is 0 Å². The number of primary amides is 1. The van der Waals surface area contributed by atoms with Crippen LogP contribution in [-0.4, -0.2) is 35.4 Å². The molecule has 0 spiro atoms. The molecule has 2 amide bonds. The number of carbonyl (C=O) groups is 3. The largest absolute Gasteiger partial charge is 0.466 e. The minimum absolute atomic E-state index is 0.00191. The Hall–Kier alpha value is -2.44.